The van der Waals surface area contributed by atoms with E-state index in [-0.39, 0.29) is 12.2 Å². The fourth-order valence-corrected chi connectivity index (χ4v) is 2.68. The summed E-state index contributed by atoms with van der Waals surface area (Å²) in [6.45, 7) is -0.187. The molecular weight excluding hydrogens is 379 g/mol. The molecule has 0 aliphatic rings. The van der Waals surface area contributed by atoms with Crippen molar-refractivity contribution in [1.82, 2.24) is 15.3 Å². The van der Waals surface area contributed by atoms with Crippen molar-refractivity contribution in [2.75, 3.05) is 32.3 Å². The molecule has 0 bridgehead atoms. The Bertz CT molecular complexity index is 901. The van der Waals surface area contributed by atoms with Crippen molar-refractivity contribution in [2.45, 2.75) is 10.9 Å². The molecular formula is C16H19FN4O5S. The highest BCUT2D eigenvalue weighted by atomic mass is 32.2. The number of carbonyl (C=O) groups is 1. The molecule has 0 atom stereocenters. The van der Waals surface area contributed by atoms with E-state index >= 15 is 0 Å². The van der Waals surface area contributed by atoms with Crippen LogP contribution in [0.1, 0.15) is 5.69 Å². The van der Waals surface area contributed by atoms with Gasteiger partial charge in [-0.1, -0.05) is 0 Å². The summed E-state index contributed by atoms with van der Waals surface area (Å²) in [5.41, 5.74) is 0.501. The van der Waals surface area contributed by atoms with Gasteiger partial charge in [0.15, 0.2) is 0 Å². The molecule has 0 saturated carbocycles. The van der Waals surface area contributed by atoms with Gasteiger partial charge in [-0.3, -0.25) is 0 Å². The van der Waals surface area contributed by atoms with Gasteiger partial charge in [-0.2, -0.15) is 0 Å². The third kappa shape index (κ3) is 5.18. The Labute approximate surface area is 155 Å². The van der Waals surface area contributed by atoms with Crippen molar-refractivity contribution < 1.29 is 27.1 Å². The van der Waals surface area contributed by atoms with Gasteiger partial charge in [0.25, 0.3) is 0 Å². The highest BCUT2D eigenvalue weighted by Crippen LogP contribution is 2.24. The number of amides is 2. The topological polar surface area (TPSA) is 120 Å². The van der Waals surface area contributed by atoms with Gasteiger partial charge in [-0.25, -0.2) is 27.6 Å². The molecule has 0 spiro atoms. The Morgan fingerprint density at radius 3 is 2.37 bits per heavy atom. The van der Waals surface area contributed by atoms with Gasteiger partial charge in [0.1, 0.15) is 11.5 Å². The average Bonchev–Trinajstić information content (AvgIpc) is 2.64. The fraction of sp³-hybridized carbons (Fsp3) is 0.312. The Kier molecular flexibility index (Phi) is 6.41. The zero-order valence-corrected chi connectivity index (χ0v) is 15.7. The van der Waals surface area contributed by atoms with E-state index in [4.69, 9.17) is 9.47 Å². The Hall–Kier alpha value is -2.63. The van der Waals surface area contributed by atoms with Crippen molar-refractivity contribution in [3.63, 3.8) is 0 Å². The summed E-state index contributed by atoms with van der Waals surface area (Å²) in [7, 11) is -0.992. The lowest BCUT2D eigenvalue weighted by Crippen LogP contribution is -2.45. The zero-order chi connectivity index (χ0) is 20.1. The van der Waals surface area contributed by atoms with Crippen molar-refractivity contribution in [3.05, 3.63) is 48.0 Å². The van der Waals surface area contributed by atoms with E-state index in [9.17, 15) is 17.6 Å². The van der Waals surface area contributed by atoms with Gasteiger partial charge in [-0.15, -0.1) is 0 Å². The van der Waals surface area contributed by atoms with Crippen molar-refractivity contribution in [3.8, 4) is 0 Å². The molecule has 0 radical (unpaired) electrons. The van der Waals surface area contributed by atoms with E-state index in [1.807, 2.05) is 0 Å². The predicted octanol–water partition coefficient (Wildman–Crippen LogP) is 1.29. The molecule has 1 aromatic heterocycles. The molecule has 0 unspecified atom stereocenters. The van der Waals surface area contributed by atoms with E-state index in [0.29, 0.717) is 5.69 Å². The highest BCUT2D eigenvalue weighted by Gasteiger charge is 2.35. The number of anilines is 1. The first-order valence-electron chi connectivity index (χ1n) is 7.64. The van der Waals surface area contributed by atoms with Gasteiger partial charge in [0, 0.05) is 32.4 Å². The minimum atomic E-state index is -3.64. The monoisotopic (exact) mass is 398 g/mol. The second-order valence-electron chi connectivity index (χ2n) is 5.47. The lowest BCUT2D eigenvalue weighted by molar-refractivity contribution is -0.213. The van der Waals surface area contributed by atoms with Crippen LogP contribution in [0, 0.1) is 5.82 Å². The van der Waals surface area contributed by atoms with Crippen molar-refractivity contribution in [2.24, 2.45) is 0 Å². The fourth-order valence-electron chi connectivity index (χ4n) is 2.16. The molecule has 9 nitrogen and oxygen atoms in total. The van der Waals surface area contributed by atoms with Crippen LogP contribution in [0.2, 0.25) is 0 Å². The molecule has 27 heavy (non-hydrogen) atoms. The van der Waals surface area contributed by atoms with Crippen molar-refractivity contribution in [1.29, 1.82) is 0 Å². The molecule has 2 amide bonds. The first-order chi connectivity index (χ1) is 12.7. The maximum atomic E-state index is 12.9. The van der Waals surface area contributed by atoms with Crippen LogP contribution in [0.5, 0.6) is 0 Å². The molecule has 0 fully saturated rings. The molecule has 2 N–H and O–H groups in total. The van der Waals surface area contributed by atoms with Crippen molar-refractivity contribution >= 4 is 21.6 Å². The second-order valence-corrected chi connectivity index (χ2v) is 7.38. The van der Waals surface area contributed by atoms with E-state index in [0.717, 1.165) is 6.26 Å². The maximum Gasteiger partial charge on any atom is 0.319 e. The molecule has 0 aliphatic carbocycles. The van der Waals surface area contributed by atoms with Gasteiger partial charge in [0.05, 0.1) is 6.54 Å². The van der Waals surface area contributed by atoms with Crippen LogP contribution in [-0.2, 0) is 25.1 Å². The van der Waals surface area contributed by atoms with Crippen LogP contribution in [0.25, 0.3) is 0 Å². The third-order valence-corrected chi connectivity index (χ3v) is 4.46. The summed E-state index contributed by atoms with van der Waals surface area (Å²) in [6, 6.07) is 6.03. The summed E-state index contributed by atoms with van der Waals surface area (Å²) < 4.78 is 47.0. The number of halogens is 1. The number of hydrogen-bond donors (Lipinski definition) is 2. The standard InChI is InChI=1S/C16H19FN4O5S/c1-25-16(26-2,13-8-9-18-15(21-13)27(3,23)24)10-19-14(22)20-12-6-4-11(17)5-7-12/h4-9H,10H2,1-3H3,(H2,19,20,22). The van der Waals surface area contributed by atoms with E-state index in [1.54, 1.807) is 0 Å². The molecule has 146 valence electrons. The molecule has 1 aromatic carbocycles. The van der Waals surface area contributed by atoms with E-state index in [2.05, 4.69) is 20.6 Å². The molecule has 2 aromatic rings. The lowest BCUT2D eigenvalue weighted by Gasteiger charge is -2.30. The lowest BCUT2D eigenvalue weighted by atomic mass is 10.2. The molecule has 0 saturated heterocycles. The molecule has 1 heterocycles. The summed E-state index contributed by atoms with van der Waals surface area (Å²) in [4.78, 5) is 19.8. The van der Waals surface area contributed by atoms with Crippen LogP contribution in [0.15, 0.2) is 41.7 Å². The average molecular weight is 398 g/mol. The number of methoxy groups -OCH3 is 2. The highest BCUT2D eigenvalue weighted by molar-refractivity contribution is 7.90. The quantitative estimate of drug-likeness (QED) is 0.533. The number of ether oxygens (including phenoxy) is 2. The van der Waals surface area contributed by atoms with Crippen LogP contribution in [0.4, 0.5) is 14.9 Å². The zero-order valence-electron chi connectivity index (χ0n) is 14.9. The van der Waals surface area contributed by atoms with Gasteiger partial charge >= 0.3 is 6.03 Å². The number of hydrogen-bond acceptors (Lipinski definition) is 7. The normalized spacial score (nSPS) is 11.9. The number of nitrogens with one attached hydrogen (secondary N) is 2. The summed E-state index contributed by atoms with van der Waals surface area (Å²) in [6.07, 6.45) is 2.23. The van der Waals surface area contributed by atoms with Crippen LogP contribution < -0.4 is 10.6 Å². The first-order valence-corrected chi connectivity index (χ1v) is 9.53. The number of benzene rings is 1. The number of rotatable bonds is 7. The molecule has 11 heteroatoms. The Morgan fingerprint density at radius 2 is 1.81 bits per heavy atom. The van der Waals surface area contributed by atoms with Gasteiger partial charge in [0.2, 0.25) is 20.8 Å². The number of urea groups is 1. The Balaban J connectivity index is 2.16. The van der Waals surface area contributed by atoms with Crippen LogP contribution in [0.3, 0.4) is 0 Å². The first kappa shape index (κ1) is 20.7. The summed E-state index contributed by atoms with van der Waals surface area (Å²) >= 11 is 0. The third-order valence-electron chi connectivity index (χ3n) is 3.60. The minimum absolute atomic E-state index is 0.116. The maximum absolute atomic E-state index is 12.9. The minimum Gasteiger partial charge on any atom is -0.347 e. The van der Waals surface area contributed by atoms with Gasteiger partial charge in [-0.05, 0) is 30.3 Å². The van der Waals surface area contributed by atoms with Gasteiger partial charge < -0.3 is 20.1 Å². The smallest absolute Gasteiger partial charge is 0.319 e. The molecule has 2 rings (SSSR count). The van der Waals surface area contributed by atoms with E-state index < -0.39 is 32.6 Å². The molecule has 0 aliphatic heterocycles. The largest absolute Gasteiger partial charge is 0.347 e. The number of carbonyl (C=O) groups excluding carboxylic acids is 1. The Morgan fingerprint density at radius 1 is 1.19 bits per heavy atom. The predicted molar refractivity (Wildman–Crippen MR) is 94.3 cm³/mol. The number of aromatic nitrogens is 2. The number of sulfone groups is 1. The van der Waals surface area contributed by atoms with Crippen LogP contribution in [-0.4, -0.2) is 51.4 Å². The van der Waals surface area contributed by atoms with E-state index in [1.165, 1.54) is 50.7 Å². The SMILES string of the molecule is COC(CNC(=O)Nc1ccc(F)cc1)(OC)c1ccnc(S(C)(=O)=O)n1. The summed E-state index contributed by atoms with van der Waals surface area (Å²) in [5, 5.41) is 4.67. The number of nitrogens with zero attached hydrogens (tertiary/aromatic N) is 2. The second kappa shape index (κ2) is 8.37. The summed E-state index contributed by atoms with van der Waals surface area (Å²) in [5.74, 6) is -1.97. The van der Waals surface area contributed by atoms with Crippen LogP contribution >= 0.6 is 0 Å².